The molecule has 2 aromatic rings. The first-order chi connectivity index (χ1) is 7.35. The summed E-state index contributed by atoms with van der Waals surface area (Å²) in [5.74, 6) is 0. The fourth-order valence-electron chi connectivity index (χ4n) is 2.03. The minimum atomic E-state index is 0.713. The van der Waals surface area contributed by atoms with Crippen molar-refractivity contribution >= 4 is 10.9 Å². The molecular formula is C13H18N2. The van der Waals surface area contributed by atoms with Crippen molar-refractivity contribution in [3.05, 3.63) is 35.5 Å². The van der Waals surface area contributed by atoms with Crippen molar-refractivity contribution in [1.82, 2.24) is 4.98 Å². The Hall–Kier alpha value is -1.28. The van der Waals surface area contributed by atoms with E-state index < -0.39 is 0 Å². The molecule has 80 valence electrons. The SMILES string of the molecule is CCCc1ccc2[nH]cc(CCN)c2c1. The highest BCUT2D eigenvalue weighted by molar-refractivity contribution is 5.83. The summed E-state index contributed by atoms with van der Waals surface area (Å²) in [5.41, 5.74) is 9.57. The van der Waals surface area contributed by atoms with Crippen LogP contribution >= 0.6 is 0 Å². The van der Waals surface area contributed by atoms with Crippen LogP contribution in [0.15, 0.2) is 24.4 Å². The van der Waals surface area contributed by atoms with Gasteiger partial charge >= 0.3 is 0 Å². The van der Waals surface area contributed by atoms with E-state index in [-0.39, 0.29) is 0 Å². The highest BCUT2D eigenvalue weighted by atomic mass is 14.7. The maximum Gasteiger partial charge on any atom is 0.0456 e. The summed E-state index contributed by atoms with van der Waals surface area (Å²) in [4.78, 5) is 3.29. The molecule has 0 aliphatic rings. The first-order valence-corrected chi connectivity index (χ1v) is 5.64. The molecule has 0 saturated heterocycles. The van der Waals surface area contributed by atoms with Crippen LogP contribution in [0, 0.1) is 0 Å². The third-order valence-electron chi connectivity index (χ3n) is 2.78. The van der Waals surface area contributed by atoms with Crippen LogP contribution in [0.5, 0.6) is 0 Å². The summed E-state index contributed by atoms with van der Waals surface area (Å²) in [6, 6.07) is 6.66. The van der Waals surface area contributed by atoms with E-state index in [9.17, 15) is 0 Å². The molecule has 0 aliphatic heterocycles. The van der Waals surface area contributed by atoms with Gasteiger partial charge in [-0.2, -0.15) is 0 Å². The van der Waals surface area contributed by atoms with Gasteiger partial charge in [-0.1, -0.05) is 19.4 Å². The number of nitrogens with two attached hydrogens (primary N) is 1. The molecule has 0 saturated carbocycles. The Morgan fingerprint density at radius 3 is 2.87 bits per heavy atom. The number of aryl methyl sites for hydroxylation is 1. The molecule has 0 amide bonds. The van der Waals surface area contributed by atoms with Crippen molar-refractivity contribution in [1.29, 1.82) is 0 Å². The number of hydrogen-bond acceptors (Lipinski definition) is 1. The molecule has 1 aromatic heterocycles. The van der Waals surface area contributed by atoms with Crippen LogP contribution in [0.2, 0.25) is 0 Å². The van der Waals surface area contributed by atoms with Crippen molar-refractivity contribution in [3.8, 4) is 0 Å². The van der Waals surface area contributed by atoms with E-state index in [0.29, 0.717) is 6.54 Å². The summed E-state index contributed by atoms with van der Waals surface area (Å²) >= 11 is 0. The van der Waals surface area contributed by atoms with Crippen LogP contribution in [0.25, 0.3) is 10.9 Å². The Morgan fingerprint density at radius 2 is 2.13 bits per heavy atom. The zero-order chi connectivity index (χ0) is 10.7. The second-order valence-electron chi connectivity index (χ2n) is 3.98. The molecule has 0 unspecified atom stereocenters. The molecule has 0 spiro atoms. The standard InChI is InChI=1S/C13H18N2/c1-2-3-10-4-5-13-12(8-10)11(6-7-14)9-15-13/h4-5,8-9,15H,2-3,6-7,14H2,1H3. The average Bonchev–Trinajstić information content (AvgIpc) is 2.63. The summed E-state index contributed by atoms with van der Waals surface area (Å²) in [7, 11) is 0. The van der Waals surface area contributed by atoms with E-state index >= 15 is 0 Å². The van der Waals surface area contributed by atoms with Crippen molar-refractivity contribution in [2.45, 2.75) is 26.2 Å². The number of benzene rings is 1. The van der Waals surface area contributed by atoms with Gasteiger partial charge in [0.25, 0.3) is 0 Å². The number of aromatic nitrogens is 1. The summed E-state index contributed by atoms with van der Waals surface area (Å²) in [6.45, 7) is 2.92. The van der Waals surface area contributed by atoms with Gasteiger partial charge in [-0.15, -0.1) is 0 Å². The fraction of sp³-hybridized carbons (Fsp3) is 0.385. The highest BCUT2D eigenvalue weighted by Gasteiger charge is 2.03. The Balaban J connectivity index is 2.42. The Bertz CT molecular complexity index is 443. The van der Waals surface area contributed by atoms with Crippen molar-refractivity contribution in [2.24, 2.45) is 5.73 Å². The molecule has 0 radical (unpaired) electrons. The van der Waals surface area contributed by atoms with Crippen molar-refractivity contribution < 1.29 is 0 Å². The Labute approximate surface area is 90.5 Å². The lowest BCUT2D eigenvalue weighted by Gasteiger charge is -2.00. The maximum atomic E-state index is 5.59. The van der Waals surface area contributed by atoms with Gasteiger partial charge < -0.3 is 10.7 Å². The summed E-state index contributed by atoms with van der Waals surface area (Å²) in [5, 5.41) is 1.34. The quantitative estimate of drug-likeness (QED) is 0.786. The zero-order valence-electron chi connectivity index (χ0n) is 9.22. The molecule has 3 N–H and O–H groups in total. The summed E-state index contributed by atoms with van der Waals surface area (Å²) in [6.07, 6.45) is 5.38. The van der Waals surface area contributed by atoms with Gasteiger partial charge in [0.15, 0.2) is 0 Å². The Morgan fingerprint density at radius 1 is 1.27 bits per heavy atom. The smallest absolute Gasteiger partial charge is 0.0456 e. The third kappa shape index (κ3) is 2.05. The summed E-state index contributed by atoms with van der Waals surface area (Å²) < 4.78 is 0. The molecule has 1 aromatic carbocycles. The second kappa shape index (κ2) is 4.49. The van der Waals surface area contributed by atoms with Gasteiger partial charge in [0.2, 0.25) is 0 Å². The number of aromatic amines is 1. The molecule has 0 fully saturated rings. The van der Waals surface area contributed by atoms with Crippen LogP contribution in [-0.2, 0) is 12.8 Å². The molecule has 0 atom stereocenters. The minimum Gasteiger partial charge on any atom is -0.361 e. The van der Waals surface area contributed by atoms with E-state index in [1.54, 1.807) is 0 Å². The minimum absolute atomic E-state index is 0.713. The lowest BCUT2D eigenvalue weighted by atomic mass is 10.0. The van der Waals surface area contributed by atoms with Crippen molar-refractivity contribution in [3.63, 3.8) is 0 Å². The van der Waals surface area contributed by atoms with Crippen molar-refractivity contribution in [2.75, 3.05) is 6.54 Å². The number of nitrogens with one attached hydrogen (secondary N) is 1. The topological polar surface area (TPSA) is 41.8 Å². The molecule has 2 nitrogen and oxygen atoms in total. The number of H-pyrrole nitrogens is 1. The van der Waals surface area contributed by atoms with E-state index in [1.807, 2.05) is 0 Å². The van der Waals surface area contributed by atoms with Crippen LogP contribution in [0.1, 0.15) is 24.5 Å². The van der Waals surface area contributed by atoms with Crippen LogP contribution in [-0.4, -0.2) is 11.5 Å². The maximum absolute atomic E-state index is 5.59. The molecule has 2 rings (SSSR count). The largest absolute Gasteiger partial charge is 0.361 e. The van der Waals surface area contributed by atoms with Crippen LogP contribution in [0.3, 0.4) is 0 Å². The van der Waals surface area contributed by atoms with Gasteiger partial charge in [0.1, 0.15) is 0 Å². The number of rotatable bonds is 4. The van der Waals surface area contributed by atoms with Gasteiger partial charge in [-0.25, -0.2) is 0 Å². The third-order valence-corrected chi connectivity index (χ3v) is 2.78. The monoisotopic (exact) mass is 202 g/mol. The van der Waals surface area contributed by atoms with E-state index in [1.165, 1.54) is 28.5 Å². The van der Waals surface area contributed by atoms with Crippen LogP contribution < -0.4 is 5.73 Å². The average molecular weight is 202 g/mol. The predicted octanol–water partition coefficient (Wildman–Crippen LogP) is 2.62. The second-order valence-corrected chi connectivity index (χ2v) is 3.98. The highest BCUT2D eigenvalue weighted by Crippen LogP contribution is 2.20. The Kier molecular flexibility index (Phi) is 3.07. The van der Waals surface area contributed by atoms with E-state index in [2.05, 4.69) is 36.3 Å². The molecule has 0 aliphatic carbocycles. The fourth-order valence-corrected chi connectivity index (χ4v) is 2.03. The van der Waals surface area contributed by atoms with Gasteiger partial charge in [0, 0.05) is 17.1 Å². The molecule has 0 bridgehead atoms. The van der Waals surface area contributed by atoms with E-state index in [0.717, 1.165) is 12.8 Å². The lowest BCUT2D eigenvalue weighted by molar-refractivity contribution is 0.923. The van der Waals surface area contributed by atoms with E-state index in [4.69, 9.17) is 5.73 Å². The molecule has 15 heavy (non-hydrogen) atoms. The molecule has 1 heterocycles. The first-order valence-electron chi connectivity index (χ1n) is 5.64. The molecular weight excluding hydrogens is 184 g/mol. The lowest BCUT2D eigenvalue weighted by Crippen LogP contribution is -2.01. The predicted molar refractivity (Wildman–Crippen MR) is 65.1 cm³/mol. The molecule has 2 heteroatoms. The number of fused-ring (bicyclic) bond motifs is 1. The van der Waals surface area contributed by atoms with Gasteiger partial charge in [0.05, 0.1) is 0 Å². The number of hydrogen-bond donors (Lipinski definition) is 2. The normalized spacial score (nSPS) is 11.1. The first kappa shape index (κ1) is 10.2. The van der Waals surface area contributed by atoms with Gasteiger partial charge in [-0.05, 0) is 42.6 Å². The van der Waals surface area contributed by atoms with Crippen LogP contribution in [0.4, 0.5) is 0 Å². The zero-order valence-corrected chi connectivity index (χ0v) is 9.22. The van der Waals surface area contributed by atoms with Gasteiger partial charge in [-0.3, -0.25) is 0 Å².